The number of nitrogens with one attached hydrogen (secondary N) is 2. The molecule has 0 aliphatic carbocycles. The molecule has 2 aromatic rings. The van der Waals surface area contributed by atoms with Crippen molar-refractivity contribution in [1.82, 2.24) is 10.2 Å². The molecule has 1 saturated heterocycles. The van der Waals surface area contributed by atoms with Gasteiger partial charge in [-0.25, -0.2) is 4.79 Å². The molecule has 0 saturated carbocycles. The van der Waals surface area contributed by atoms with E-state index in [1.807, 2.05) is 12.1 Å². The van der Waals surface area contributed by atoms with Crippen LogP contribution in [-0.4, -0.2) is 36.4 Å². The molecule has 2 amide bonds. The number of nitrogens with zero attached hydrogens (tertiary/aromatic N) is 3. The van der Waals surface area contributed by atoms with Crippen LogP contribution in [0.4, 0.5) is 20.7 Å². The van der Waals surface area contributed by atoms with E-state index in [0.717, 1.165) is 18.2 Å². The van der Waals surface area contributed by atoms with Crippen molar-refractivity contribution in [3.63, 3.8) is 0 Å². The highest BCUT2D eigenvalue weighted by molar-refractivity contribution is 7.19. The fourth-order valence-electron chi connectivity index (χ4n) is 2.72. The summed E-state index contributed by atoms with van der Waals surface area (Å²) in [5, 5.41) is 15.1. The number of anilines is 3. The first-order valence-electron chi connectivity index (χ1n) is 7.94. The van der Waals surface area contributed by atoms with Crippen molar-refractivity contribution in [2.75, 3.05) is 35.7 Å². The first-order valence-corrected chi connectivity index (χ1v) is 8.76. The monoisotopic (exact) mass is 347 g/mol. The first-order chi connectivity index (χ1) is 11.6. The van der Waals surface area contributed by atoms with Crippen LogP contribution in [0.1, 0.15) is 19.8 Å². The lowest BCUT2D eigenvalue weighted by atomic mass is 10.0. The van der Waals surface area contributed by atoms with Gasteiger partial charge in [0, 0.05) is 24.8 Å². The number of benzene rings is 1. The number of carbonyl (C=O) groups is 1. The Hall–Kier alpha value is -2.35. The first kappa shape index (κ1) is 16.5. The maximum atomic E-state index is 12.1. The van der Waals surface area contributed by atoms with Crippen molar-refractivity contribution >= 4 is 33.3 Å². The third kappa shape index (κ3) is 4.14. The van der Waals surface area contributed by atoms with Gasteiger partial charge in [0.25, 0.3) is 0 Å². The predicted octanol–water partition coefficient (Wildman–Crippen LogP) is 3.43. The lowest BCUT2D eigenvalue weighted by molar-refractivity contribution is 0.262. The maximum absolute atomic E-state index is 12.1. The van der Waals surface area contributed by atoms with E-state index in [9.17, 15) is 4.79 Å². The second-order valence-electron chi connectivity index (χ2n) is 5.89. The third-order valence-corrected chi connectivity index (χ3v) is 4.79. The van der Waals surface area contributed by atoms with Gasteiger partial charge in [0.1, 0.15) is 5.75 Å². The Kier molecular flexibility index (Phi) is 5.14. The van der Waals surface area contributed by atoms with Crippen molar-refractivity contribution < 1.29 is 9.53 Å². The molecule has 24 heavy (non-hydrogen) atoms. The summed E-state index contributed by atoms with van der Waals surface area (Å²) < 4.78 is 5.14. The van der Waals surface area contributed by atoms with Crippen LogP contribution in [0, 0.1) is 5.92 Å². The van der Waals surface area contributed by atoms with Crippen LogP contribution in [0.25, 0.3) is 0 Å². The molecule has 1 aromatic carbocycles. The third-order valence-electron chi connectivity index (χ3n) is 3.89. The van der Waals surface area contributed by atoms with Crippen LogP contribution < -0.4 is 20.3 Å². The zero-order chi connectivity index (χ0) is 16.9. The van der Waals surface area contributed by atoms with Crippen molar-refractivity contribution in [3.05, 3.63) is 24.3 Å². The van der Waals surface area contributed by atoms with Crippen LogP contribution in [0.5, 0.6) is 5.75 Å². The topological polar surface area (TPSA) is 79.4 Å². The quantitative estimate of drug-likeness (QED) is 0.886. The van der Waals surface area contributed by atoms with Crippen LogP contribution in [0.15, 0.2) is 24.3 Å². The average molecular weight is 347 g/mol. The van der Waals surface area contributed by atoms with E-state index in [1.54, 1.807) is 19.2 Å². The molecule has 128 valence electrons. The molecule has 2 heterocycles. The largest absolute Gasteiger partial charge is 0.497 e. The highest BCUT2D eigenvalue weighted by atomic mass is 32.1. The molecule has 0 unspecified atom stereocenters. The highest BCUT2D eigenvalue weighted by Crippen LogP contribution is 2.28. The normalized spacial score (nSPS) is 17.4. The standard InChI is InChI=1S/C16H21N5O2S/c1-11-5-4-8-21(10-11)16-20-19-15(24-16)18-14(22)17-12-6-3-7-13(9-12)23-2/h3,6-7,9,11H,4-5,8,10H2,1-2H3,(H2,17,18,19,22)/t11-/m0/s1. The maximum Gasteiger partial charge on any atom is 0.325 e. The molecule has 0 spiro atoms. The Bertz CT molecular complexity index is 705. The number of hydrogen-bond donors (Lipinski definition) is 2. The molecule has 0 radical (unpaired) electrons. The number of carbonyl (C=O) groups excluding carboxylic acids is 1. The highest BCUT2D eigenvalue weighted by Gasteiger charge is 2.20. The smallest absolute Gasteiger partial charge is 0.325 e. The molecular formula is C16H21N5O2S. The van der Waals surface area contributed by atoms with E-state index in [0.29, 0.717) is 22.5 Å². The molecule has 8 heteroatoms. The molecule has 1 aliphatic rings. The van der Waals surface area contributed by atoms with Gasteiger partial charge in [-0.3, -0.25) is 5.32 Å². The van der Waals surface area contributed by atoms with Gasteiger partial charge in [-0.2, -0.15) is 0 Å². The summed E-state index contributed by atoms with van der Waals surface area (Å²) in [5.41, 5.74) is 0.654. The summed E-state index contributed by atoms with van der Waals surface area (Å²) in [6, 6.07) is 6.83. The van der Waals surface area contributed by atoms with Crippen molar-refractivity contribution in [2.24, 2.45) is 5.92 Å². The van der Waals surface area contributed by atoms with Gasteiger partial charge in [0.15, 0.2) is 0 Å². The van der Waals surface area contributed by atoms with E-state index >= 15 is 0 Å². The summed E-state index contributed by atoms with van der Waals surface area (Å²) in [6.45, 7) is 4.23. The van der Waals surface area contributed by atoms with Crippen LogP contribution in [0.3, 0.4) is 0 Å². The predicted molar refractivity (Wildman–Crippen MR) is 96.2 cm³/mol. The van der Waals surface area contributed by atoms with E-state index in [2.05, 4.69) is 32.7 Å². The Morgan fingerprint density at radius 2 is 2.25 bits per heavy atom. The van der Waals surface area contributed by atoms with Crippen LogP contribution in [-0.2, 0) is 0 Å². The van der Waals surface area contributed by atoms with Crippen LogP contribution >= 0.6 is 11.3 Å². The second kappa shape index (κ2) is 7.48. The minimum absolute atomic E-state index is 0.349. The van der Waals surface area contributed by atoms with E-state index in [-0.39, 0.29) is 6.03 Å². The minimum atomic E-state index is -0.349. The minimum Gasteiger partial charge on any atom is -0.497 e. The van der Waals surface area contributed by atoms with Crippen molar-refractivity contribution in [2.45, 2.75) is 19.8 Å². The summed E-state index contributed by atoms with van der Waals surface area (Å²) in [7, 11) is 1.59. The number of amides is 2. The summed E-state index contributed by atoms with van der Waals surface area (Å²) in [4.78, 5) is 14.3. The number of ether oxygens (including phenoxy) is 1. The number of piperidine rings is 1. The molecular weight excluding hydrogens is 326 g/mol. The van der Waals surface area contributed by atoms with E-state index in [1.165, 1.54) is 24.2 Å². The average Bonchev–Trinajstić information content (AvgIpc) is 3.03. The molecule has 3 rings (SSSR count). The van der Waals surface area contributed by atoms with Gasteiger partial charge in [-0.05, 0) is 30.9 Å². The van der Waals surface area contributed by atoms with Crippen molar-refractivity contribution in [3.8, 4) is 5.75 Å². The van der Waals surface area contributed by atoms with Gasteiger partial charge in [-0.15, -0.1) is 10.2 Å². The number of rotatable bonds is 4. The Labute approximate surface area is 145 Å². The van der Waals surface area contributed by atoms with Crippen LogP contribution in [0.2, 0.25) is 0 Å². The zero-order valence-electron chi connectivity index (χ0n) is 13.8. The molecule has 1 aromatic heterocycles. The number of urea groups is 1. The summed E-state index contributed by atoms with van der Waals surface area (Å²) in [5.74, 6) is 1.35. The molecule has 1 fully saturated rings. The summed E-state index contributed by atoms with van der Waals surface area (Å²) in [6.07, 6.45) is 2.42. The SMILES string of the molecule is COc1cccc(NC(=O)Nc2nnc(N3CCC[C@H](C)C3)s2)c1. The molecule has 1 aliphatic heterocycles. The van der Waals surface area contributed by atoms with Gasteiger partial charge in [0.2, 0.25) is 10.3 Å². The Balaban J connectivity index is 1.58. The molecule has 7 nitrogen and oxygen atoms in total. The lowest BCUT2D eigenvalue weighted by Gasteiger charge is -2.29. The molecule has 1 atom stereocenters. The fraction of sp³-hybridized carbons (Fsp3) is 0.438. The number of methoxy groups -OCH3 is 1. The Morgan fingerprint density at radius 1 is 1.38 bits per heavy atom. The number of hydrogen-bond acceptors (Lipinski definition) is 6. The van der Waals surface area contributed by atoms with Gasteiger partial charge in [0.05, 0.1) is 7.11 Å². The van der Waals surface area contributed by atoms with E-state index in [4.69, 9.17) is 4.74 Å². The zero-order valence-corrected chi connectivity index (χ0v) is 14.6. The Morgan fingerprint density at radius 3 is 3.04 bits per heavy atom. The lowest BCUT2D eigenvalue weighted by Crippen LogP contribution is -2.34. The van der Waals surface area contributed by atoms with Gasteiger partial charge in [-0.1, -0.05) is 24.3 Å². The van der Waals surface area contributed by atoms with Gasteiger partial charge >= 0.3 is 6.03 Å². The fourth-order valence-corrected chi connectivity index (χ4v) is 3.49. The van der Waals surface area contributed by atoms with E-state index < -0.39 is 0 Å². The molecule has 0 bridgehead atoms. The second-order valence-corrected chi connectivity index (χ2v) is 6.85. The van der Waals surface area contributed by atoms with Crippen molar-refractivity contribution in [1.29, 1.82) is 0 Å². The number of aromatic nitrogens is 2. The summed E-state index contributed by atoms with van der Waals surface area (Å²) >= 11 is 1.40. The molecule has 2 N–H and O–H groups in total. The van der Waals surface area contributed by atoms with Gasteiger partial charge < -0.3 is 15.0 Å².